The number of para-hydroxylation sites is 2. The van der Waals surface area contributed by atoms with Crippen LogP contribution in [0.5, 0.6) is 11.5 Å². The smallest absolute Gasteiger partial charge is 0.129 e. The van der Waals surface area contributed by atoms with E-state index in [4.69, 9.17) is 14.6 Å². The molecule has 5 nitrogen and oxygen atoms in total. The third kappa shape index (κ3) is 6.83. The number of hydrogen-bond donors (Lipinski definition) is 3. The second-order valence-electron chi connectivity index (χ2n) is 11.9. The van der Waals surface area contributed by atoms with Crippen molar-refractivity contribution in [3.63, 3.8) is 0 Å². The first kappa shape index (κ1) is 31.7. The number of aromatic amines is 2. The van der Waals surface area contributed by atoms with E-state index in [9.17, 15) is 0 Å². The van der Waals surface area contributed by atoms with Gasteiger partial charge in [-0.2, -0.15) is 0 Å². The van der Waals surface area contributed by atoms with Crippen molar-refractivity contribution in [2.45, 2.75) is 90.9 Å². The summed E-state index contributed by atoms with van der Waals surface area (Å²) in [4.78, 5) is 7.56. The van der Waals surface area contributed by atoms with E-state index in [1.165, 1.54) is 91.1 Å². The molecule has 0 fully saturated rings. The van der Waals surface area contributed by atoms with E-state index in [1.807, 2.05) is 0 Å². The van der Waals surface area contributed by atoms with Gasteiger partial charge < -0.3 is 24.5 Å². The lowest BCUT2D eigenvalue weighted by molar-refractivity contribution is 0.307. The molecule has 44 heavy (non-hydrogen) atoms. The Kier molecular flexibility index (Phi) is 11.4. The fraction of sp³-hybridized carbons (Fsp3) is 0.436. The minimum absolute atomic E-state index is 0.738. The molecule has 0 bridgehead atoms. The molecule has 0 saturated heterocycles. The van der Waals surface area contributed by atoms with Crippen LogP contribution in [0.4, 0.5) is 0 Å². The van der Waals surface area contributed by atoms with Crippen molar-refractivity contribution >= 4 is 54.4 Å². The summed E-state index contributed by atoms with van der Waals surface area (Å²) < 4.78 is 13.2. The van der Waals surface area contributed by atoms with Crippen LogP contribution in [-0.2, 0) is 0 Å². The highest BCUT2D eigenvalue weighted by molar-refractivity contribution is 6.29. The van der Waals surface area contributed by atoms with Crippen LogP contribution in [0.2, 0.25) is 0 Å². The van der Waals surface area contributed by atoms with Gasteiger partial charge in [-0.25, -0.2) is 0 Å². The summed E-state index contributed by atoms with van der Waals surface area (Å²) in [6.07, 6.45) is 15.0. The van der Waals surface area contributed by atoms with Crippen molar-refractivity contribution in [1.29, 1.82) is 0 Å². The maximum Gasteiger partial charge on any atom is 0.129 e. The van der Waals surface area contributed by atoms with Crippen molar-refractivity contribution in [1.82, 2.24) is 9.97 Å². The van der Waals surface area contributed by atoms with E-state index < -0.39 is 0 Å². The van der Waals surface area contributed by atoms with Gasteiger partial charge >= 0.3 is 0 Å². The lowest BCUT2D eigenvalue weighted by Gasteiger charge is -2.14. The van der Waals surface area contributed by atoms with Crippen LogP contribution in [0.3, 0.4) is 0 Å². The summed E-state index contributed by atoms with van der Waals surface area (Å²) in [5, 5.41) is 14.1. The normalized spacial score (nSPS) is 11.5. The van der Waals surface area contributed by atoms with Gasteiger partial charge in [0, 0.05) is 34.3 Å². The van der Waals surface area contributed by atoms with Gasteiger partial charge in [-0.1, -0.05) is 114 Å². The minimum Gasteiger partial charge on any atom is -0.493 e. The van der Waals surface area contributed by atoms with Crippen molar-refractivity contribution in [3.05, 3.63) is 60.7 Å². The van der Waals surface area contributed by atoms with Gasteiger partial charge in [0.15, 0.2) is 0 Å². The Bertz CT molecular complexity index is 1650. The summed E-state index contributed by atoms with van der Waals surface area (Å²) in [5.41, 5.74) is 4.53. The van der Waals surface area contributed by atoms with Gasteiger partial charge in [0.25, 0.3) is 0 Å². The first-order valence-electron chi connectivity index (χ1n) is 16.9. The summed E-state index contributed by atoms with van der Waals surface area (Å²) in [5.74, 6) is 1.92. The van der Waals surface area contributed by atoms with Gasteiger partial charge in [0.2, 0.25) is 0 Å². The molecule has 0 saturated carbocycles. The number of nitrogens with one attached hydrogen (secondary N) is 2. The number of unbranched alkanes of at least 4 members (excludes halogenated alkanes) is 10. The molecule has 4 aromatic carbocycles. The number of hydrogen-bond acceptors (Lipinski definition) is 3. The van der Waals surface area contributed by atoms with E-state index in [0.717, 1.165) is 72.1 Å². The highest BCUT2D eigenvalue weighted by Gasteiger charge is 2.20. The number of aliphatic hydroxyl groups excluding tert-OH is 1. The first-order valence-corrected chi connectivity index (χ1v) is 16.9. The molecule has 0 radical (unpaired) electrons. The van der Waals surface area contributed by atoms with Gasteiger partial charge in [-0.05, 0) is 42.5 Å². The van der Waals surface area contributed by atoms with E-state index in [1.54, 1.807) is 0 Å². The summed E-state index contributed by atoms with van der Waals surface area (Å²) in [7, 11) is 1.00. The lowest BCUT2D eigenvalue weighted by Crippen LogP contribution is -2.00. The van der Waals surface area contributed by atoms with Crippen LogP contribution in [0, 0.1) is 0 Å². The predicted molar refractivity (Wildman–Crippen MR) is 189 cm³/mol. The molecule has 0 aliphatic carbocycles. The van der Waals surface area contributed by atoms with E-state index in [0.29, 0.717) is 0 Å². The molecule has 2 aromatic heterocycles. The lowest BCUT2D eigenvalue weighted by atomic mass is 10.0. The first-order chi connectivity index (χ1) is 21.8. The highest BCUT2D eigenvalue weighted by atomic mass is 16.5. The average molecular weight is 595 g/mol. The molecule has 6 rings (SSSR count). The molecule has 0 amide bonds. The Balaban J connectivity index is 0.00000188. The molecule has 0 atom stereocenters. The second-order valence-corrected chi connectivity index (χ2v) is 11.9. The summed E-state index contributed by atoms with van der Waals surface area (Å²) in [6.45, 7) is 6.01. The van der Waals surface area contributed by atoms with E-state index >= 15 is 0 Å². The SMILES string of the molecule is CCCCCCCCOc1cc2cc(OCCCCCCCC)c3c4ccccc4[nH]c3c2c2[nH]c3ccccc3c12.CO. The molecule has 3 N–H and O–H groups in total. The third-order valence-corrected chi connectivity index (χ3v) is 8.78. The average Bonchev–Trinajstić information content (AvgIpc) is 3.64. The quantitative estimate of drug-likeness (QED) is 0.0976. The van der Waals surface area contributed by atoms with E-state index in [2.05, 4.69) is 84.5 Å². The second kappa shape index (κ2) is 15.9. The molecule has 234 valence electrons. The highest BCUT2D eigenvalue weighted by Crippen LogP contribution is 2.45. The fourth-order valence-electron chi connectivity index (χ4n) is 6.55. The molecular formula is C39H50N2O3. The number of H-pyrrole nitrogens is 2. The van der Waals surface area contributed by atoms with Gasteiger partial charge in [-0.3, -0.25) is 0 Å². The molecule has 2 heterocycles. The van der Waals surface area contributed by atoms with Gasteiger partial charge in [-0.15, -0.1) is 0 Å². The van der Waals surface area contributed by atoms with Crippen molar-refractivity contribution < 1.29 is 14.6 Å². The largest absolute Gasteiger partial charge is 0.493 e. The molecule has 0 unspecified atom stereocenters. The van der Waals surface area contributed by atoms with Crippen LogP contribution in [0.15, 0.2) is 60.7 Å². The Morgan fingerprint density at radius 3 is 1.39 bits per heavy atom. The molecule has 0 aliphatic rings. The summed E-state index contributed by atoms with van der Waals surface area (Å²) in [6, 6.07) is 21.7. The van der Waals surface area contributed by atoms with Crippen molar-refractivity contribution in [2.75, 3.05) is 20.3 Å². The number of aromatic nitrogens is 2. The van der Waals surface area contributed by atoms with Crippen LogP contribution >= 0.6 is 0 Å². The monoisotopic (exact) mass is 594 g/mol. The Morgan fingerprint density at radius 2 is 0.932 bits per heavy atom. The maximum absolute atomic E-state index is 7.00. The number of benzene rings is 4. The Labute approximate surface area is 261 Å². The molecule has 0 aliphatic heterocycles. The number of rotatable bonds is 16. The fourth-order valence-corrected chi connectivity index (χ4v) is 6.55. The zero-order valence-corrected chi connectivity index (χ0v) is 26.9. The number of fused-ring (bicyclic) bond motifs is 9. The summed E-state index contributed by atoms with van der Waals surface area (Å²) >= 11 is 0. The van der Waals surface area contributed by atoms with Gasteiger partial charge in [0.05, 0.1) is 35.0 Å². The Hall–Kier alpha value is -3.70. The molecule has 6 aromatic rings. The Morgan fingerprint density at radius 1 is 0.523 bits per heavy atom. The zero-order valence-electron chi connectivity index (χ0n) is 26.9. The van der Waals surface area contributed by atoms with Crippen LogP contribution < -0.4 is 9.47 Å². The topological polar surface area (TPSA) is 70.3 Å². The van der Waals surface area contributed by atoms with Crippen LogP contribution in [-0.4, -0.2) is 35.4 Å². The van der Waals surface area contributed by atoms with Crippen molar-refractivity contribution in [3.8, 4) is 11.5 Å². The maximum atomic E-state index is 7.00. The third-order valence-electron chi connectivity index (χ3n) is 8.78. The zero-order chi connectivity index (χ0) is 30.7. The minimum atomic E-state index is 0.738. The van der Waals surface area contributed by atoms with Gasteiger partial charge in [0.1, 0.15) is 11.5 Å². The molecule has 0 spiro atoms. The predicted octanol–water partition coefficient (Wildman–Crippen LogP) is 11.2. The molecular weight excluding hydrogens is 544 g/mol. The number of ether oxygens (including phenoxy) is 2. The van der Waals surface area contributed by atoms with Crippen LogP contribution in [0.25, 0.3) is 54.4 Å². The standard InChI is InChI=1S/C38H46N2O2.CH4O/c1-3-5-7-9-11-17-23-41-32-25-27-26-33(42-24-18-12-10-8-6-4-2)36-29-20-14-16-22-31(29)40-38(36)34(27)37-35(32)28-19-13-15-21-30(28)39-37;1-2/h13-16,19-22,25-26,39-40H,3-12,17-18,23-24H2,1-2H3;2H,1H3. The molecule has 5 heteroatoms. The van der Waals surface area contributed by atoms with Crippen molar-refractivity contribution in [2.24, 2.45) is 0 Å². The number of aliphatic hydroxyl groups is 1. The van der Waals surface area contributed by atoms with Crippen LogP contribution in [0.1, 0.15) is 90.9 Å². The van der Waals surface area contributed by atoms with E-state index in [-0.39, 0.29) is 0 Å².